The molecule has 1 aromatic heterocycles. The average molecular weight is 97.1 g/mol. The van der Waals surface area contributed by atoms with E-state index in [0.29, 0.717) is 11.6 Å². The number of rotatable bonds is 0. The summed E-state index contributed by atoms with van der Waals surface area (Å²) in [7, 11) is 0. The van der Waals surface area contributed by atoms with Crippen LogP contribution in [0.3, 0.4) is 0 Å². The largest absolute Gasteiger partial charge is 0.380 e. The van der Waals surface area contributed by atoms with Crippen LogP contribution in [-0.4, -0.2) is 5.16 Å². The Morgan fingerprint density at radius 1 is 1.86 bits per heavy atom. The summed E-state index contributed by atoms with van der Waals surface area (Å²) >= 11 is 0. The maximum absolute atomic E-state index is 5.12. The van der Waals surface area contributed by atoms with Crippen LogP contribution in [0.1, 0.15) is 5.76 Å². The van der Waals surface area contributed by atoms with Gasteiger partial charge in [-0.25, -0.2) is 0 Å². The normalized spacial score (nSPS) is 9.29. The van der Waals surface area contributed by atoms with E-state index in [9.17, 15) is 0 Å². The molecule has 0 aliphatic carbocycles. The lowest BCUT2D eigenvalue weighted by atomic mass is 10.5. The summed E-state index contributed by atoms with van der Waals surface area (Å²) < 4.78 is 4.53. The summed E-state index contributed by atoms with van der Waals surface area (Å²) in [4.78, 5) is 0. The number of hydrogen-bond donors (Lipinski definition) is 1. The fraction of sp³-hybridized carbons (Fsp3) is 0.250. The van der Waals surface area contributed by atoms with Gasteiger partial charge in [-0.1, -0.05) is 5.16 Å². The van der Waals surface area contributed by atoms with Gasteiger partial charge in [0.1, 0.15) is 5.76 Å². The van der Waals surface area contributed by atoms with Crippen LogP contribution >= 0.6 is 0 Å². The van der Waals surface area contributed by atoms with Crippen molar-refractivity contribution in [3.05, 3.63) is 11.8 Å². The first-order valence-corrected chi connectivity index (χ1v) is 1.90. The molecule has 0 aliphatic rings. The highest BCUT2D eigenvalue weighted by Crippen LogP contribution is 1.98. The monoisotopic (exact) mass is 97.0 g/mol. The lowest BCUT2D eigenvalue weighted by Crippen LogP contribution is -1.80. The Balaban J connectivity index is 3.04. The van der Waals surface area contributed by atoms with E-state index in [4.69, 9.17) is 5.73 Å². The van der Waals surface area contributed by atoms with E-state index in [-0.39, 0.29) is 0 Å². The molecule has 0 saturated heterocycles. The second-order valence-corrected chi connectivity index (χ2v) is 1.25. The number of nitrogens with zero attached hydrogens (tertiary/aromatic N) is 1. The van der Waals surface area contributed by atoms with Crippen LogP contribution in [0.15, 0.2) is 4.52 Å². The Labute approximate surface area is 41.1 Å². The summed E-state index contributed by atoms with van der Waals surface area (Å²) in [5.41, 5.74) is 5.12. The minimum Gasteiger partial charge on any atom is -0.380 e. The molecule has 0 bridgehead atoms. The van der Waals surface area contributed by atoms with Crippen molar-refractivity contribution in [2.45, 2.75) is 6.92 Å². The maximum atomic E-state index is 5.12. The molecule has 2 N–H and O–H groups in total. The van der Waals surface area contributed by atoms with Crippen LogP contribution in [-0.2, 0) is 0 Å². The van der Waals surface area contributed by atoms with Gasteiger partial charge in [0.25, 0.3) is 0 Å². The molecule has 0 fully saturated rings. The molecule has 37 valence electrons. The molecule has 1 heterocycles. The molecular formula is C4H5N2O. The highest BCUT2D eigenvalue weighted by Gasteiger charge is 1.90. The van der Waals surface area contributed by atoms with Gasteiger partial charge in [-0.3, -0.25) is 0 Å². The summed E-state index contributed by atoms with van der Waals surface area (Å²) in [6.45, 7) is 1.74. The number of nitrogen functional groups attached to an aromatic ring is 1. The van der Waals surface area contributed by atoms with Gasteiger partial charge in [0, 0.05) is 0 Å². The van der Waals surface area contributed by atoms with Gasteiger partial charge in [0.2, 0.25) is 0 Å². The lowest BCUT2D eigenvalue weighted by molar-refractivity contribution is 0.400. The Morgan fingerprint density at radius 2 is 2.57 bits per heavy atom. The highest BCUT2D eigenvalue weighted by atomic mass is 16.5. The van der Waals surface area contributed by atoms with Crippen molar-refractivity contribution in [2.24, 2.45) is 0 Å². The summed E-state index contributed by atoms with van der Waals surface area (Å²) in [6, 6.07) is 2.64. The number of nitrogens with two attached hydrogens (primary N) is 1. The topological polar surface area (TPSA) is 52.0 Å². The summed E-state index contributed by atoms with van der Waals surface area (Å²) in [5.74, 6) is 0.940. The van der Waals surface area contributed by atoms with Crippen LogP contribution < -0.4 is 5.73 Å². The SMILES string of the molecule is Cc1[c]c(N)no1. The van der Waals surface area contributed by atoms with Crippen molar-refractivity contribution in [1.82, 2.24) is 5.16 Å². The van der Waals surface area contributed by atoms with E-state index in [1.54, 1.807) is 6.92 Å². The van der Waals surface area contributed by atoms with Crippen molar-refractivity contribution in [3.63, 3.8) is 0 Å². The van der Waals surface area contributed by atoms with Gasteiger partial charge in [0.05, 0.1) is 6.07 Å². The Morgan fingerprint density at radius 3 is 2.71 bits per heavy atom. The zero-order valence-corrected chi connectivity index (χ0v) is 3.93. The van der Waals surface area contributed by atoms with Gasteiger partial charge in [-0.15, -0.1) is 0 Å². The lowest BCUT2D eigenvalue weighted by Gasteiger charge is -1.64. The molecule has 0 aromatic carbocycles. The van der Waals surface area contributed by atoms with Crippen molar-refractivity contribution in [3.8, 4) is 0 Å². The smallest absolute Gasteiger partial charge is 0.175 e. The molecule has 3 nitrogen and oxygen atoms in total. The molecule has 3 heteroatoms. The van der Waals surface area contributed by atoms with Crippen molar-refractivity contribution >= 4 is 5.82 Å². The summed E-state index contributed by atoms with van der Waals surface area (Å²) in [5, 5.41) is 3.36. The van der Waals surface area contributed by atoms with E-state index < -0.39 is 0 Å². The molecule has 0 spiro atoms. The quantitative estimate of drug-likeness (QED) is 0.508. The molecule has 1 aromatic rings. The number of aromatic nitrogens is 1. The first kappa shape index (κ1) is 4.18. The first-order valence-electron chi connectivity index (χ1n) is 1.90. The third-order valence-corrected chi connectivity index (χ3v) is 0.585. The molecule has 1 radical (unpaired) electrons. The standard InChI is InChI=1S/C4H5N2O/c1-3-2-4(5)6-7-3/h1H3,(H2,5,6). The fourth-order valence-electron chi connectivity index (χ4n) is 0.344. The molecule has 0 saturated carbocycles. The molecule has 0 atom stereocenters. The van der Waals surface area contributed by atoms with Gasteiger partial charge in [-0.2, -0.15) is 0 Å². The minimum absolute atomic E-state index is 0.317. The zero-order valence-electron chi connectivity index (χ0n) is 3.93. The van der Waals surface area contributed by atoms with Crippen LogP contribution in [0.25, 0.3) is 0 Å². The van der Waals surface area contributed by atoms with E-state index in [2.05, 4.69) is 15.7 Å². The Hall–Kier alpha value is -0.990. The predicted octanol–water partition coefficient (Wildman–Crippen LogP) is 0.365. The van der Waals surface area contributed by atoms with Crippen LogP contribution in [0.5, 0.6) is 0 Å². The second-order valence-electron chi connectivity index (χ2n) is 1.25. The molecular weight excluding hydrogens is 92.1 g/mol. The Kier molecular flexibility index (Phi) is 0.749. The molecule has 0 unspecified atom stereocenters. The third-order valence-electron chi connectivity index (χ3n) is 0.585. The van der Waals surface area contributed by atoms with Crippen LogP contribution in [0.4, 0.5) is 5.82 Å². The van der Waals surface area contributed by atoms with Gasteiger partial charge >= 0.3 is 0 Å². The van der Waals surface area contributed by atoms with Crippen LogP contribution in [0, 0.1) is 13.0 Å². The number of aryl methyl sites for hydroxylation is 1. The zero-order chi connectivity index (χ0) is 5.28. The van der Waals surface area contributed by atoms with Crippen molar-refractivity contribution < 1.29 is 4.52 Å². The van der Waals surface area contributed by atoms with E-state index in [0.717, 1.165) is 0 Å². The third kappa shape index (κ3) is 0.707. The molecule has 0 aliphatic heterocycles. The molecule has 7 heavy (non-hydrogen) atoms. The summed E-state index contributed by atoms with van der Waals surface area (Å²) in [6.07, 6.45) is 0. The predicted molar refractivity (Wildman–Crippen MR) is 24.5 cm³/mol. The minimum atomic E-state index is 0.317. The van der Waals surface area contributed by atoms with Crippen LogP contribution in [0.2, 0.25) is 0 Å². The highest BCUT2D eigenvalue weighted by molar-refractivity contribution is 5.23. The van der Waals surface area contributed by atoms with Gasteiger partial charge in [0.15, 0.2) is 5.82 Å². The first-order chi connectivity index (χ1) is 3.29. The van der Waals surface area contributed by atoms with E-state index >= 15 is 0 Å². The number of anilines is 1. The molecule has 0 amide bonds. The van der Waals surface area contributed by atoms with Crippen molar-refractivity contribution in [2.75, 3.05) is 5.73 Å². The Bertz CT molecular complexity index is 142. The number of hydrogen-bond acceptors (Lipinski definition) is 3. The van der Waals surface area contributed by atoms with Crippen molar-refractivity contribution in [1.29, 1.82) is 0 Å². The second kappa shape index (κ2) is 1.26. The van der Waals surface area contributed by atoms with E-state index in [1.165, 1.54) is 0 Å². The van der Waals surface area contributed by atoms with E-state index in [1.807, 2.05) is 0 Å². The van der Waals surface area contributed by atoms with Gasteiger partial charge < -0.3 is 10.3 Å². The van der Waals surface area contributed by atoms with Gasteiger partial charge in [-0.05, 0) is 6.92 Å². The fourth-order valence-corrected chi connectivity index (χ4v) is 0.344. The maximum Gasteiger partial charge on any atom is 0.175 e. The average Bonchev–Trinajstić information content (AvgIpc) is 1.87. The molecule has 1 rings (SSSR count).